The third-order valence-electron chi connectivity index (χ3n) is 3.37. The van der Waals surface area contributed by atoms with Gasteiger partial charge < -0.3 is 13.7 Å². The molecule has 1 aromatic carbocycles. The van der Waals surface area contributed by atoms with Crippen LogP contribution in [0.15, 0.2) is 47.2 Å². The van der Waals surface area contributed by atoms with E-state index < -0.39 is 0 Å². The van der Waals surface area contributed by atoms with E-state index in [1.165, 1.54) is 6.26 Å². The Kier molecular flexibility index (Phi) is 3.37. The average Bonchev–Trinajstić information content (AvgIpc) is 3.14. The Hall–Kier alpha value is -2.73. The Morgan fingerprint density at radius 3 is 3.05 bits per heavy atom. The second-order valence-corrected chi connectivity index (χ2v) is 4.61. The fraction of sp³-hybridized carbons (Fsp3) is 0.133. The molecule has 0 bridgehead atoms. The number of nitrogen functional groups attached to an aromatic ring is 1. The van der Waals surface area contributed by atoms with E-state index in [0.717, 1.165) is 16.7 Å². The lowest BCUT2D eigenvalue weighted by Gasteiger charge is -2.05. The van der Waals surface area contributed by atoms with Crippen molar-refractivity contribution in [3.05, 3.63) is 54.1 Å². The summed E-state index contributed by atoms with van der Waals surface area (Å²) in [6.07, 6.45) is 3.35. The van der Waals surface area contributed by atoms with Crippen molar-refractivity contribution in [2.24, 2.45) is 5.84 Å². The molecule has 2 heterocycles. The molecule has 21 heavy (non-hydrogen) atoms. The molecule has 3 N–H and O–H groups in total. The Balaban J connectivity index is 1.92. The molecule has 0 aliphatic carbocycles. The molecule has 3 aromatic rings. The van der Waals surface area contributed by atoms with E-state index in [-0.39, 0.29) is 5.91 Å². The van der Waals surface area contributed by atoms with Crippen molar-refractivity contribution in [1.82, 2.24) is 9.99 Å². The van der Waals surface area contributed by atoms with E-state index in [2.05, 4.69) is 5.43 Å². The third-order valence-corrected chi connectivity index (χ3v) is 3.37. The van der Waals surface area contributed by atoms with Gasteiger partial charge in [-0.25, -0.2) is 5.84 Å². The Morgan fingerprint density at radius 2 is 2.29 bits per heavy atom. The second-order valence-electron chi connectivity index (χ2n) is 4.61. The summed E-state index contributed by atoms with van der Waals surface area (Å²) in [5, 5.41) is 1.03. The highest BCUT2D eigenvalue weighted by atomic mass is 16.5. The number of furan rings is 1. The minimum atomic E-state index is -0.371. The van der Waals surface area contributed by atoms with E-state index >= 15 is 0 Å². The molecule has 6 heteroatoms. The predicted octanol–water partition coefficient (Wildman–Crippen LogP) is 1.89. The lowest BCUT2D eigenvalue weighted by atomic mass is 10.2. The first-order valence-electron chi connectivity index (χ1n) is 6.43. The molecule has 0 fully saturated rings. The Bertz CT molecular complexity index is 788. The normalized spacial score (nSPS) is 10.8. The maximum Gasteiger partial charge on any atom is 0.268 e. The topological polar surface area (TPSA) is 82.4 Å². The maximum absolute atomic E-state index is 11.4. The summed E-state index contributed by atoms with van der Waals surface area (Å²) >= 11 is 0. The lowest BCUT2D eigenvalue weighted by molar-refractivity contribution is 0.0953. The van der Waals surface area contributed by atoms with Crippen LogP contribution in [0.1, 0.15) is 16.1 Å². The number of fused-ring (bicyclic) bond motifs is 1. The van der Waals surface area contributed by atoms with Crippen LogP contribution < -0.4 is 16.0 Å². The van der Waals surface area contributed by atoms with Crippen molar-refractivity contribution in [3.63, 3.8) is 0 Å². The highest BCUT2D eigenvalue weighted by Crippen LogP contribution is 2.26. The van der Waals surface area contributed by atoms with E-state index in [4.69, 9.17) is 15.0 Å². The Labute approximate surface area is 121 Å². The number of rotatable bonds is 4. The number of hydrazine groups is 1. The van der Waals surface area contributed by atoms with Gasteiger partial charge in [-0.05, 0) is 24.3 Å². The molecular weight excluding hydrogens is 270 g/mol. The fourth-order valence-corrected chi connectivity index (χ4v) is 2.34. The summed E-state index contributed by atoms with van der Waals surface area (Å²) in [5.74, 6) is 6.23. The highest BCUT2D eigenvalue weighted by Gasteiger charge is 2.11. The summed E-state index contributed by atoms with van der Waals surface area (Å²) < 4.78 is 12.8. The molecule has 3 rings (SSSR count). The van der Waals surface area contributed by atoms with Gasteiger partial charge in [-0.3, -0.25) is 10.2 Å². The van der Waals surface area contributed by atoms with Crippen LogP contribution in [0.4, 0.5) is 0 Å². The predicted molar refractivity (Wildman–Crippen MR) is 78.0 cm³/mol. The number of amides is 1. The number of nitrogens with two attached hydrogens (primary N) is 1. The number of ether oxygens (including phenoxy) is 1. The zero-order valence-electron chi connectivity index (χ0n) is 11.5. The zero-order chi connectivity index (χ0) is 14.8. The van der Waals surface area contributed by atoms with Crippen molar-refractivity contribution >= 4 is 16.8 Å². The van der Waals surface area contributed by atoms with E-state index in [1.807, 2.05) is 35.0 Å². The number of benzene rings is 1. The number of aromatic nitrogens is 1. The number of nitrogens with one attached hydrogen (secondary N) is 1. The van der Waals surface area contributed by atoms with Gasteiger partial charge in [0.2, 0.25) is 0 Å². The van der Waals surface area contributed by atoms with E-state index in [0.29, 0.717) is 17.9 Å². The molecule has 0 atom stereocenters. The number of methoxy groups -OCH3 is 1. The van der Waals surface area contributed by atoms with Crippen LogP contribution in [0.2, 0.25) is 0 Å². The summed E-state index contributed by atoms with van der Waals surface area (Å²) in [7, 11) is 1.65. The standard InChI is InChI=1S/C15H15N3O3/c1-20-14-4-2-3-13-12(14)5-6-18(13)8-11-7-10(9-21-11)15(19)17-16/h2-7,9H,8,16H2,1H3,(H,17,19). The fourth-order valence-electron chi connectivity index (χ4n) is 2.34. The second kappa shape index (κ2) is 5.34. The van der Waals surface area contributed by atoms with Crippen LogP contribution in [0.25, 0.3) is 10.9 Å². The lowest BCUT2D eigenvalue weighted by Crippen LogP contribution is -2.29. The SMILES string of the molecule is COc1cccc2c1ccn2Cc1cc(C(=O)NN)co1. The van der Waals surface area contributed by atoms with Gasteiger partial charge in [-0.2, -0.15) is 0 Å². The van der Waals surface area contributed by atoms with Crippen molar-refractivity contribution < 1.29 is 13.9 Å². The number of hydrogen-bond donors (Lipinski definition) is 2. The van der Waals surface area contributed by atoms with Crippen LogP contribution in [0.5, 0.6) is 5.75 Å². The molecule has 0 aliphatic rings. The van der Waals surface area contributed by atoms with E-state index in [9.17, 15) is 4.79 Å². The van der Waals surface area contributed by atoms with Gasteiger partial charge in [0.05, 0.1) is 24.7 Å². The van der Waals surface area contributed by atoms with Gasteiger partial charge in [-0.1, -0.05) is 6.07 Å². The quantitative estimate of drug-likeness (QED) is 0.436. The smallest absolute Gasteiger partial charge is 0.268 e. The van der Waals surface area contributed by atoms with Crippen LogP contribution in [-0.2, 0) is 6.54 Å². The number of hydrogen-bond acceptors (Lipinski definition) is 4. The van der Waals surface area contributed by atoms with Crippen molar-refractivity contribution in [2.45, 2.75) is 6.54 Å². The molecule has 1 amide bonds. The third kappa shape index (κ3) is 2.36. The molecule has 0 unspecified atom stereocenters. The highest BCUT2D eigenvalue weighted by molar-refractivity contribution is 5.93. The van der Waals surface area contributed by atoms with Crippen LogP contribution in [-0.4, -0.2) is 17.6 Å². The van der Waals surface area contributed by atoms with Crippen LogP contribution in [0, 0.1) is 0 Å². The monoisotopic (exact) mass is 285 g/mol. The van der Waals surface area contributed by atoms with Gasteiger partial charge >= 0.3 is 0 Å². The minimum absolute atomic E-state index is 0.371. The first kappa shape index (κ1) is 13.3. The van der Waals surface area contributed by atoms with Crippen LogP contribution in [0.3, 0.4) is 0 Å². The molecule has 0 radical (unpaired) electrons. The molecule has 0 spiro atoms. The average molecular weight is 285 g/mol. The minimum Gasteiger partial charge on any atom is -0.496 e. The maximum atomic E-state index is 11.4. The first-order chi connectivity index (χ1) is 10.2. The molecule has 0 saturated heterocycles. The van der Waals surface area contributed by atoms with Gasteiger partial charge in [0.15, 0.2) is 0 Å². The number of carbonyl (C=O) groups is 1. The van der Waals surface area contributed by atoms with Crippen molar-refractivity contribution in [1.29, 1.82) is 0 Å². The zero-order valence-corrected chi connectivity index (χ0v) is 11.5. The van der Waals surface area contributed by atoms with E-state index in [1.54, 1.807) is 13.2 Å². The summed E-state index contributed by atoms with van der Waals surface area (Å²) in [6, 6.07) is 9.53. The van der Waals surface area contributed by atoms with Gasteiger partial charge in [0.1, 0.15) is 17.8 Å². The summed E-state index contributed by atoms with van der Waals surface area (Å²) in [6.45, 7) is 0.522. The van der Waals surface area contributed by atoms with Gasteiger partial charge in [0.25, 0.3) is 5.91 Å². The number of nitrogens with zero attached hydrogens (tertiary/aromatic N) is 1. The van der Waals surface area contributed by atoms with Crippen LogP contribution >= 0.6 is 0 Å². The Morgan fingerprint density at radius 1 is 1.43 bits per heavy atom. The molecule has 0 saturated carbocycles. The van der Waals surface area contributed by atoms with Crippen molar-refractivity contribution in [3.8, 4) is 5.75 Å². The summed E-state index contributed by atoms with van der Waals surface area (Å²) in [5.41, 5.74) is 3.52. The van der Waals surface area contributed by atoms with Crippen molar-refractivity contribution in [2.75, 3.05) is 7.11 Å². The molecule has 0 aliphatic heterocycles. The van der Waals surface area contributed by atoms with Gasteiger partial charge in [0, 0.05) is 11.6 Å². The number of carbonyl (C=O) groups excluding carboxylic acids is 1. The molecular formula is C15H15N3O3. The first-order valence-corrected chi connectivity index (χ1v) is 6.43. The molecule has 2 aromatic heterocycles. The summed E-state index contributed by atoms with van der Waals surface area (Å²) in [4.78, 5) is 11.4. The van der Waals surface area contributed by atoms with Gasteiger partial charge in [-0.15, -0.1) is 0 Å². The largest absolute Gasteiger partial charge is 0.496 e. The molecule has 108 valence electrons. The molecule has 6 nitrogen and oxygen atoms in total.